The first-order valence-electron chi connectivity index (χ1n) is 6.45. The van der Waals surface area contributed by atoms with Gasteiger partial charge in [-0.3, -0.25) is 9.59 Å². The Bertz CT molecular complexity index is 318. The summed E-state index contributed by atoms with van der Waals surface area (Å²) in [6.07, 6.45) is 1.35. The molecular weight excluding hydrogens is 287 g/mol. The van der Waals surface area contributed by atoms with Crippen LogP contribution in [0.1, 0.15) is 47.5 Å². The molecule has 1 atom stereocenters. The molecule has 2 N–H and O–H groups in total. The van der Waals surface area contributed by atoms with Crippen LogP contribution >= 0.6 is 23.2 Å². The highest BCUT2D eigenvalue weighted by atomic mass is 35.5. The van der Waals surface area contributed by atoms with Crippen molar-refractivity contribution >= 4 is 35.0 Å². The summed E-state index contributed by atoms with van der Waals surface area (Å²) in [5.41, 5.74) is -0.468. The topological polar surface area (TPSA) is 58.2 Å². The Morgan fingerprint density at radius 1 is 1.11 bits per heavy atom. The SMILES string of the molecule is CC(C)NC(=O)C(C)(C)CCC(C)NC(=O)C(Cl)Cl. The predicted molar refractivity (Wildman–Crippen MR) is 79.4 cm³/mol. The van der Waals surface area contributed by atoms with E-state index in [0.29, 0.717) is 12.8 Å². The van der Waals surface area contributed by atoms with Crippen molar-refractivity contribution in [3.05, 3.63) is 0 Å². The highest BCUT2D eigenvalue weighted by molar-refractivity contribution is 6.53. The van der Waals surface area contributed by atoms with Crippen LogP contribution in [0.15, 0.2) is 0 Å². The predicted octanol–water partition coefficient (Wildman–Crippen LogP) is 2.63. The molecule has 112 valence electrons. The van der Waals surface area contributed by atoms with Crippen LogP contribution in [0.3, 0.4) is 0 Å². The monoisotopic (exact) mass is 310 g/mol. The lowest BCUT2D eigenvalue weighted by atomic mass is 9.85. The second-order valence-electron chi connectivity index (χ2n) is 5.76. The van der Waals surface area contributed by atoms with Crippen LogP contribution in [0.4, 0.5) is 0 Å². The average Bonchev–Trinajstić information content (AvgIpc) is 2.25. The summed E-state index contributed by atoms with van der Waals surface area (Å²) in [4.78, 5) is 22.2. The number of amides is 2. The van der Waals surface area contributed by atoms with Crippen LogP contribution < -0.4 is 10.6 Å². The molecule has 0 rings (SSSR count). The molecule has 0 bridgehead atoms. The van der Waals surface area contributed by atoms with Gasteiger partial charge in [0.15, 0.2) is 4.84 Å². The van der Waals surface area contributed by atoms with E-state index in [-0.39, 0.29) is 18.0 Å². The number of alkyl halides is 2. The fourth-order valence-electron chi connectivity index (χ4n) is 1.53. The maximum Gasteiger partial charge on any atom is 0.253 e. The lowest BCUT2D eigenvalue weighted by Gasteiger charge is -2.26. The van der Waals surface area contributed by atoms with Crippen molar-refractivity contribution in [2.75, 3.05) is 0 Å². The number of nitrogens with one attached hydrogen (secondary N) is 2. The minimum absolute atomic E-state index is 0.0218. The maximum absolute atomic E-state index is 12.0. The van der Waals surface area contributed by atoms with Gasteiger partial charge in [-0.2, -0.15) is 0 Å². The number of halogens is 2. The highest BCUT2D eigenvalue weighted by Crippen LogP contribution is 2.23. The van der Waals surface area contributed by atoms with Crippen molar-refractivity contribution in [2.24, 2.45) is 5.41 Å². The van der Waals surface area contributed by atoms with Gasteiger partial charge in [0.1, 0.15) is 0 Å². The molecular formula is C13H24Cl2N2O2. The molecule has 0 radical (unpaired) electrons. The Morgan fingerprint density at radius 2 is 1.63 bits per heavy atom. The largest absolute Gasteiger partial charge is 0.353 e. The molecule has 0 aromatic heterocycles. The van der Waals surface area contributed by atoms with Gasteiger partial charge in [0.05, 0.1) is 0 Å². The molecule has 6 heteroatoms. The zero-order valence-electron chi connectivity index (χ0n) is 12.2. The summed E-state index contributed by atoms with van der Waals surface area (Å²) in [5, 5.41) is 5.59. The Kier molecular flexibility index (Phi) is 7.75. The quantitative estimate of drug-likeness (QED) is 0.710. The number of carbonyl (C=O) groups excluding carboxylic acids is 2. The molecule has 0 aliphatic rings. The molecule has 0 heterocycles. The highest BCUT2D eigenvalue weighted by Gasteiger charge is 2.28. The summed E-state index contributed by atoms with van der Waals surface area (Å²) in [6, 6.07) is 0.0516. The van der Waals surface area contributed by atoms with Gasteiger partial charge in [-0.05, 0) is 33.6 Å². The van der Waals surface area contributed by atoms with Gasteiger partial charge >= 0.3 is 0 Å². The Labute approximate surface area is 125 Å². The first-order valence-corrected chi connectivity index (χ1v) is 7.33. The van der Waals surface area contributed by atoms with E-state index in [1.807, 2.05) is 34.6 Å². The van der Waals surface area contributed by atoms with Crippen LogP contribution in [0.25, 0.3) is 0 Å². The number of hydrogen-bond donors (Lipinski definition) is 2. The third-order valence-corrected chi connectivity index (χ3v) is 3.22. The fourth-order valence-corrected chi connectivity index (χ4v) is 1.65. The molecule has 0 aromatic rings. The second-order valence-corrected chi connectivity index (χ2v) is 6.86. The van der Waals surface area contributed by atoms with Crippen LogP contribution in [-0.4, -0.2) is 28.7 Å². The molecule has 1 unspecified atom stereocenters. The van der Waals surface area contributed by atoms with E-state index < -0.39 is 16.2 Å². The van der Waals surface area contributed by atoms with Crippen molar-refractivity contribution in [2.45, 2.75) is 64.4 Å². The number of hydrogen-bond acceptors (Lipinski definition) is 2. The van der Waals surface area contributed by atoms with Crippen LogP contribution in [-0.2, 0) is 9.59 Å². The molecule has 0 saturated carbocycles. The summed E-state index contributed by atoms with van der Waals surface area (Å²) < 4.78 is 0. The second kappa shape index (κ2) is 7.95. The molecule has 2 amide bonds. The van der Waals surface area contributed by atoms with Crippen molar-refractivity contribution in [3.63, 3.8) is 0 Å². The van der Waals surface area contributed by atoms with Gasteiger partial charge in [0, 0.05) is 17.5 Å². The molecule has 19 heavy (non-hydrogen) atoms. The van der Waals surface area contributed by atoms with E-state index in [1.54, 1.807) is 0 Å². The van der Waals surface area contributed by atoms with Gasteiger partial charge in [-0.1, -0.05) is 37.0 Å². The van der Waals surface area contributed by atoms with Crippen LogP contribution in [0.5, 0.6) is 0 Å². The van der Waals surface area contributed by atoms with Gasteiger partial charge in [0.2, 0.25) is 5.91 Å². The summed E-state index contributed by atoms with van der Waals surface area (Å²) in [6.45, 7) is 9.51. The Morgan fingerprint density at radius 3 is 2.05 bits per heavy atom. The van der Waals surface area contributed by atoms with Crippen molar-refractivity contribution in [1.29, 1.82) is 0 Å². The Balaban J connectivity index is 4.23. The third kappa shape index (κ3) is 7.63. The van der Waals surface area contributed by atoms with Crippen LogP contribution in [0, 0.1) is 5.41 Å². The van der Waals surface area contributed by atoms with E-state index in [9.17, 15) is 9.59 Å². The average molecular weight is 311 g/mol. The zero-order valence-corrected chi connectivity index (χ0v) is 13.7. The van der Waals surface area contributed by atoms with E-state index in [4.69, 9.17) is 23.2 Å². The summed E-state index contributed by atoms with van der Waals surface area (Å²) >= 11 is 10.9. The summed E-state index contributed by atoms with van der Waals surface area (Å²) in [7, 11) is 0. The van der Waals surface area contributed by atoms with Gasteiger partial charge in [-0.15, -0.1) is 0 Å². The molecule has 0 aromatic carbocycles. The van der Waals surface area contributed by atoms with E-state index >= 15 is 0 Å². The minimum Gasteiger partial charge on any atom is -0.353 e. The number of carbonyl (C=O) groups is 2. The summed E-state index contributed by atoms with van der Waals surface area (Å²) in [5.74, 6) is -0.381. The Hall–Kier alpha value is -0.480. The molecule has 4 nitrogen and oxygen atoms in total. The fraction of sp³-hybridized carbons (Fsp3) is 0.846. The third-order valence-electron chi connectivity index (χ3n) is 2.82. The van der Waals surface area contributed by atoms with Gasteiger partial charge in [0.25, 0.3) is 5.91 Å². The minimum atomic E-state index is -1.06. The lowest BCUT2D eigenvalue weighted by Crippen LogP contribution is -2.42. The standard InChI is InChI=1S/C13H24Cl2N2O2/c1-8(2)16-12(19)13(4,5)7-6-9(3)17-11(18)10(14)15/h8-10H,6-7H2,1-5H3,(H,16,19)(H,17,18). The number of rotatable bonds is 7. The maximum atomic E-state index is 12.0. The van der Waals surface area contributed by atoms with Crippen LogP contribution in [0.2, 0.25) is 0 Å². The van der Waals surface area contributed by atoms with Crippen molar-refractivity contribution < 1.29 is 9.59 Å². The smallest absolute Gasteiger partial charge is 0.253 e. The molecule has 0 fully saturated rings. The van der Waals surface area contributed by atoms with E-state index in [0.717, 1.165) is 0 Å². The normalized spacial score (nSPS) is 13.5. The van der Waals surface area contributed by atoms with Crippen molar-refractivity contribution in [1.82, 2.24) is 10.6 Å². The lowest BCUT2D eigenvalue weighted by molar-refractivity contribution is -0.130. The van der Waals surface area contributed by atoms with E-state index in [1.165, 1.54) is 0 Å². The van der Waals surface area contributed by atoms with Crippen molar-refractivity contribution in [3.8, 4) is 0 Å². The molecule has 0 aliphatic heterocycles. The first-order chi connectivity index (χ1) is 8.56. The van der Waals surface area contributed by atoms with E-state index in [2.05, 4.69) is 10.6 Å². The van der Waals surface area contributed by atoms with Gasteiger partial charge in [-0.25, -0.2) is 0 Å². The zero-order chi connectivity index (χ0) is 15.2. The van der Waals surface area contributed by atoms with Gasteiger partial charge < -0.3 is 10.6 Å². The molecule has 0 aliphatic carbocycles. The molecule has 0 saturated heterocycles. The first kappa shape index (κ1) is 18.5. The molecule has 0 spiro atoms.